The van der Waals surface area contributed by atoms with Gasteiger partial charge in [0.05, 0.1) is 12.0 Å². The molecular formula is C12H20N4. The van der Waals surface area contributed by atoms with Crippen molar-refractivity contribution in [1.29, 1.82) is 0 Å². The first-order valence-electron chi connectivity index (χ1n) is 5.56. The van der Waals surface area contributed by atoms with E-state index in [4.69, 9.17) is 0 Å². The highest BCUT2D eigenvalue weighted by molar-refractivity contribution is 5.89. The fourth-order valence-corrected chi connectivity index (χ4v) is 1.42. The second kappa shape index (κ2) is 5.05. The number of imidazole rings is 1. The van der Waals surface area contributed by atoms with Gasteiger partial charge in [0.1, 0.15) is 5.84 Å². The van der Waals surface area contributed by atoms with E-state index in [1.807, 2.05) is 17.8 Å². The number of hydrogen-bond acceptors (Lipinski definition) is 2. The molecule has 1 aromatic rings. The van der Waals surface area contributed by atoms with Crippen LogP contribution in [0, 0.1) is 12.8 Å². The summed E-state index contributed by atoms with van der Waals surface area (Å²) in [6.07, 6.45) is 1.82. The molecule has 1 rings (SSSR count). The Morgan fingerprint density at radius 3 is 2.44 bits per heavy atom. The van der Waals surface area contributed by atoms with Gasteiger partial charge in [-0.05, 0) is 27.5 Å². The van der Waals surface area contributed by atoms with Crippen molar-refractivity contribution in [3.05, 3.63) is 12.0 Å². The maximum atomic E-state index is 4.55. The molecule has 0 spiro atoms. The zero-order valence-corrected chi connectivity index (χ0v) is 10.7. The van der Waals surface area contributed by atoms with Gasteiger partial charge in [-0.3, -0.25) is 0 Å². The van der Waals surface area contributed by atoms with Gasteiger partial charge in [0.25, 0.3) is 0 Å². The van der Waals surface area contributed by atoms with Crippen molar-refractivity contribution in [3.8, 4) is 0 Å². The molecule has 0 fully saturated rings. The highest BCUT2D eigenvalue weighted by atomic mass is 15.2. The molecule has 88 valence electrons. The third-order valence-electron chi connectivity index (χ3n) is 2.40. The van der Waals surface area contributed by atoms with Crippen LogP contribution in [0.5, 0.6) is 0 Å². The van der Waals surface area contributed by atoms with E-state index in [-0.39, 0.29) is 5.92 Å². The molecule has 0 unspecified atom stereocenters. The van der Waals surface area contributed by atoms with Crippen LogP contribution in [0.4, 0.5) is 5.82 Å². The predicted molar refractivity (Wildman–Crippen MR) is 68.8 cm³/mol. The molecule has 0 atom stereocenters. The smallest absolute Gasteiger partial charge is 0.157 e. The van der Waals surface area contributed by atoms with Gasteiger partial charge in [-0.15, -0.1) is 0 Å². The fourth-order valence-electron chi connectivity index (χ4n) is 1.42. The van der Waals surface area contributed by atoms with Crippen molar-refractivity contribution in [2.45, 2.75) is 40.7 Å². The van der Waals surface area contributed by atoms with Gasteiger partial charge < -0.3 is 4.57 Å². The predicted octanol–water partition coefficient (Wildman–Crippen LogP) is 3.16. The summed E-state index contributed by atoms with van der Waals surface area (Å²) in [5.74, 6) is 1.91. The number of aromatic nitrogens is 2. The fraction of sp³-hybridized carbons (Fsp3) is 0.583. The van der Waals surface area contributed by atoms with E-state index in [1.165, 1.54) is 0 Å². The Morgan fingerprint density at radius 1 is 1.38 bits per heavy atom. The minimum Gasteiger partial charge on any atom is -0.313 e. The molecule has 0 radical (unpaired) electrons. The molecule has 0 saturated carbocycles. The van der Waals surface area contributed by atoms with Crippen molar-refractivity contribution in [3.63, 3.8) is 0 Å². The minimum atomic E-state index is 0.271. The number of rotatable bonds is 3. The van der Waals surface area contributed by atoms with Gasteiger partial charge in [0.2, 0.25) is 0 Å². The van der Waals surface area contributed by atoms with Crippen LogP contribution in [0.25, 0.3) is 0 Å². The lowest BCUT2D eigenvalue weighted by Crippen LogP contribution is -2.05. The van der Waals surface area contributed by atoms with Gasteiger partial charge in [0.15, 0.2) is 5.82 Å². The molecule has 1 aromatic heterocycles. The van der Waals surface area contributed by atoms with Crippen molar-refractivity contribution in [2.24, 2.45) is 15.9 Å². The van der Waals surface area contributed by atoms with Crippen LogP contribution in [0.15, 0.2) is 16.3 Å². The van der Waals surface area contributed by atoms with E-state index in [0.717, 1.165) is 17.3 Å². The summed E-state index contributed by atoms with van der Waals surface area (Å²) in [4.78, 5) is 12.8. The molecule has 4 nitrogen and oxygen atoms in total. The molecule has 1 heterocycles. The molecular weight excluding hydrogens is 200 g/mol. The Balaban J connectivity index is 3.21. The second-order valence-corrected chi connectivity index (χ2v) is 4.44. The SMILES string of the molecule is C=N/C(=N\c1c(C)ncn1C(C)C)C(C)C. The summed E-state index contributed by atoms with van der Waals surface area (Å²) in [6.45, 7) is 13.8. The molecule has 0 bridgehead atoms. The van der Waals surface area contributed by atoms with Gasteiger partial charge >= 0.3 is 0 Å². The Bertz CT molecular complexity index is 399. The van der Waals surface area contributed by atoms with E-state index < -0.39 is 0 Å². The minimum absolute atomic E-state index is 0.271. The molecule has 0 aliphatic heterocycles. The maximum Gasteiger partial charge on any atom is 0.157 e. The molecule has 4 heteroatoms. The number of aliphatic imine (C=N–C) groups is 2. The summed E-state index contributed by atoms with van der Waals surface area (Å²) in [5, 5.41) is 0. The zero-order chi connectivity index (χ0) is 12.3. The van der Waals surface area contributed by atoms with Crippen molar-refractivity contribution in [1.82, 2.24) is 9.55 Å². The number of aryl methyl sites for hydroxylation is 1. The molecule has 0 aliphatic rings. The van der Waals surface area contributed by atoms with Crippen molar-refractivity contribution in [2.75, 3.05) is 0 Å². The van der Waals surface area contributed by atoms with E-state index in [9.17, 15) is 0 Å². The van der Waals surface area contributed by atoms with E-state index in [0.29, 0.717) is 6.04 Å². The van der Waals surface area contributed by atoms with E-state index in [1.54, 1.807) is 0 Å². The second-order valence-electron chi connectivity index (χ2n) is 4.44. The third-order valence-corrected chi connectivity index (χ3v) is 2.40. The van der Waals surface area contributed by atoms with Crippen LogP contribution >= 0.6 is 0 Å². The highest BCUT2D eigenvalue weighted by Gasteiger charge is 2.11. The van der Waals surface area contributed by atoms with Crippen LogP contribution in [0.2, 0.25) is 0 Å². The first-order chi connectivity index (χ1) is 7.47. The maximum absolute atomic E-state index is 4.55. The first kappa shape index (κ1) is 12.6. The van der Waals surface area contributed by atoms with E-state index in [2.05, 4.69) is 49.4 Å². The molecule has 0 aliphatic carbocycles. The normalized spacial score (nSPS) is 12.6. The summed E-state index contributed by atoms with van der Waals surface area (Å²) >= 11 is 0. The van der Waals surface area contributed by atoms with Crippen LogP contribution in [0.3, 0.4) is 0 Å². The molecule has 0 saturated heterocycles. The average molecular weight is 220 g/mol. The Hall–Kier alpha value is -1.45. The molecule has 16 heavy (non-hydrogen) atoms. The molecule has 0 amide bonds. The third kappa shape index (κ3) is 2.56. The van der Waals surface area contributed by atoms with Gasteiger partial charge in [-0.25, -0.2) is 15.0 Å². The lowest BCUT2D eigenvalue weighted by molar-refractivity contribution is 0.602. The number of amidine groups is 1. The van der Waals surface area contributed by atoms with Gasteiger partial charge in [-0.2, -0.15) is 0 Å². The largest absolute Gasteiger partial charge is 0.313 e. The summed E-state index contributed by atoms with van der Waals surface area (Å²) < 4.78 is 2.04. The van der Waals surface area contributed by atoms with Crippen LogP contribution in [0.1, 0.15) is 39.4 Å². The van der Waals surface area contributed by atoms with Crippen LogP contribution in [-0.4, -0.2) is 22.1 Å². The topological polar surface area (TPSA) is 42.5 Å². The molecule has 0 N–H and O–H groups in total. The monoisotopic (exact) mass is 220 g/mol. The van der Waals surface area contributed by atoms with Gasteiger partial charge in [0, 0.05) is 12.0 Å². The van der Waals surface area contributed by atoms with Gasteiger partial charge in [-0.1, -0.05) is 13.8 Å². The Morgan fingerprint density at radius 2 is 2.00 bits per heavy atom. The summed E-state index contributed by atoms with van der Waals surface area (Å²) in [5.41, 5.74) is 0.926. The average Bonchev–Trinajstić information content (AvgIpc) is 2.56. The number of nitrogens with zero attached hydrogens (tertiary/aromatic N) is 4. The van der Waals surface area contributed by atoms with Crippen LogP contribution < -0.4 is 0 Å². The number of hydrogen-bond donors (Lipinski definition) is 0. The standard InChI is InChI=1S/C12H20N4/c1-8(2)11(13-6)15-12-10(5)14-7-16(12)9(3)4/h7-9H,6H2,1-5H3/b15-11-. The zero-order valence-electron chi connectivity index (χ0n) is 10.7. The lowest BCUT2D eigenvalue weighted by Gasteiger charge is -2.10. The summed E-state index contributed by atoms with van der Waals surface area (Å²) in [6, 6.07) is 0.346. The van der Waals surface area contributed by atoms with Crippen molar-refractivity contribution >= 4 is 18.4 Å². The van der Waals surface area contributed by atoms with Crippen LogP contribution in [-0.2, 0) is 0 Å². The highest BCUT2D eigenvalue weighted by Crippen LogP contribution is 2.23. The van der Waals surface area contributed by atoms with Crippen molar-refractivity contribution < 1.29 is 0 Å². The first-order valence-corrected chi connectivity index (χ1v) is 5.56. The summed E-state index contributed by atoms with van der Waals surface area (Å²) in [7, 11) is 0. The lowest BCUT2D eigenvalue weighted by atomic mass is 10.2. The Labute approximate surface area is 97.1 Å². The molecule has 0 aromatic carbocycles. The Kier molecular flexibility index (Phi) is 3.99. The quantitative estimate of drug-likeness (QED) is 0.570. The van der Waals surface area contributed by atoms with E-state index >= 15 is 0 Å².